The minimum atomic E-state index is -0.442. The molecule has 2 rings (SSSR count). The van der Waals surface area contributed by atoms with Crippen LogP contribution >= 0.6 is 35.4 Å². The van der Waals surface area contributed by atoms with Crippen molar-refractivity contribution in [3.05, 3.63) is 63.6 Å². The van der Waals surface area contributed by atoms with Gasteiger partial charge in [0.05, 0.1) is 0 Å². The molecule has 142 valence electrons. The lowest BCUT2D eigenvalue weighted by atomic mass is 10.1. The molecular weight excluding hydrogens is 405 g/mol. The zero-order chi connectivity index (χ0) is 20.0. The van der Waals surface area contributed by atoms with Gasteiger partial charge in [-0.1, -0.05) is 36.2 Å². The van der Waals surface area contributed by atoms with Crippen molar-refractivity contribution in [2.75, 3.05) is 5.32 Å². The molecule has 1 unspecified atom stereocenters. The van der Waals surface area contributed by atoms with Crippen LogP contribution in [0.4, 0.5) is 5.69 Å². The molecule has 0 radical (unpaired) electrons. The lowest BCUT2D eigenvalue weighted by Crippen LogP contribution is -2.34. The molecule has 8 heteroatoms. The molecule has 2 aromatic carbocycles. The Hall–Kier alpha value is -2.15. The van der Waals surface area contributed by atoms with Crippen LogP contribution in [0.2, 0.25) is 10.0 Å². The number of benzene rings is 2. The first-order chi connectivity index (χ1) is 12.8. The highest BCUT2D eigenvalue weighted by molar-refractivity contribution is 7.80. The number of carbonyl (C=O) groups is 2. The van der Waals surface area contributed by atoms with Crippen molar-refractivity contribution in [2.24, 2.45) is 0 Å². The fraction of sp³-hybridized carbons (Fsp3) is 0.211. The van der Waals surface area contributed by atoms with Gasteiger partial charge in [0.15, 0.2) is 5.11 Å². The van der Waals surface area contributed by atoms with Gasteiger partial charge in [0.25, 0.3) is 11.8 Å². The van der Waals surface area contributed by atoms with Crippen LogP contribution in [-0.4, -0.2) is 23.0 Å². The van der Waals surface area contributed by atoms with Crippen molar-refractivity contribution in [3.63, 3.8) is 0 Å². The van der Waals surface area contributed by atoms with Crippen LogP contribution in [0.25, 0.3) is 0 Å². The van der Waals surface area contributed by atoms with Crippen molar-refractivity contribution in [1.29, 1.82) is 0 Å². The lowest BCUT2D eigenvalue weighted by Gasteiger charge is -2.13. The standard InChI is InChI=1S/C19H19Cl2N3O2S/c1-3-11(2)22-17(25)12-5-4-6-16(9-12)23-19(27)24-18(26)13-7-14(20)10-15(21)8-13/h4-11H,3H2,1-2H3,(H,22,25)(H2,23,24,26,27). The van der Waals surface area contributed by atoms with Crippen LogP contribution in [-0.2, 0) is 0 Å². The first-order valence-electron chi connectivity index (χ1n) is 8.28. The maximum atomic E-state index is 12.3. The van der Waals surface area contributed by atoms with E-state index in [1.807, 2.05) is 13.8 Å². The maximum absolute atomic E-state index is 12.3. The molecule has 0 aliphatic heterocycles. The van der Waals surface area contributed by atoms with E-state index in [4.69, 9.17) is 35.4 Å². The normalized spacial score (nSPS) is 11.4. The number of amides is 2. The van der Waals surface area contributed by atoms with E-state index >= 15 is 0 Å². The largest absolute Gasteiger partial charge is 0.350 e. The van der Waals surface area contributed by atoms with Gasteiger partial charge in [-0.15, -0.1) is 0 Å². The van der Waals surface area contributed by atoms with Crippen molar-refractivity contribution in [2.45, 2.75) is 26.3 Å². The number of hydrogen-bond acceptors (Lipinski definition) is 3. The first kappa shape index (κ1) is 21.2. The Morgan fingerprint density at radius 2 is 1.70 bits per heavy atom. The molecule has 27 heavy (non-hydrogen) atoms. The van der Waals surface area contributed by atoms with Gasteiger partial charge in [0.1, 0.15) is 0 Å². The quantitative estimate of drug-likeness (QED) is 0.612. The molecular formula is C19H19Cl2N3O2S. The van der Waals surface area contributed by atoms with E-state index in [1.54, 1.807) is 24.3 Å². The van der Waals surface area contributed by atoms with Gasteiger partial charge in [-0.3, -0.25) is 14.9 Å². The predicted molar refractivity (Wildman–Crippen MR) is 114 cm³/mol. The van der Waals surface area contributed by atoms with Gasteiger partial charge in [0.2, 0.25) is 0 Å². The van der Waals surface area contributed by atoms with Crippen molar-refractivity contribution >= 4 is 58.0 Å². The molecule has 5 nitrogen and oxygen atoms in total. The molecule has 2 amide bonds. The molecule has 0 spiro atoms. The Kier molecular flexibility index (Phi) is 7.59. The second kappa shape index (κ2) is 9.69. The van der Waals surface area contributed by atoms with Gasteiger partial charge in [-0.05, 0) is 62.0 Å². The van der Waals surface area contributed by atoms with Crippen molar-refractivity contribution in [1.82, 2.24) is 10.6 Å². The summed E-state index contributed by atoms with van der Waals surface area (Å²) in [6.07, 6.45) is 0.841. The Bertz CT molecular complexity index is 854. The summed E-state index contributed by atoms with van der Waals surface area (Å²) in [5.74, 6) is -0.612. The third kappa shape index (κ3) is 6.50. The van der Waals surface area contributed by atoms with E-state index in [2.05, 4.69) is 16.0 Å². The fourth-order valence-electron chi connectivity index (χ4n) is 2.17. The predicted octanol–water partition coefficient (Wildman–Crippen LogP) is 4.65. The van der Waals surface area contributed by atoms with E-state index in [-0.39, 0.29) is 17.1 Å². The number of thiocarbonyl (C=S) groups is 1. The number of halogens is 2. The Morgan fingerprint density at radius 3 is 2.33 bits per heavy atom. The third-order valence-electron chi connectivity index (χ3n) is 3.72. The van der Waals surface area contributed by atoms with Crippen molar-refractivity contribution < 1.29 is 9.59 Å². The second-order valence-corrected chi connectivity index (χ2v) is 7.21. The molecule has 0 bridgehead atoms. The third-order valence-corrected chi connectivity index (χ3v) is 4.36. The van der Waals surface area contributed by atoms with Gasteiger partial charge >= 0.3 is 0 Å². The van der Waals surface area contributed by atoms with Crippen LogP contribution in [0.1, 0.15) is 41.0 Å². The Balaban J connectivity index is 2.02. The molecule has 0 heterocycles. The summed E-state index contributed by atoms with van der Waals surface area (Å²) in [4.78, 5) is 24.5. The zero-order valence-electron chi connectivity index (χ0n) is 14.8. The molecule has 2 aromatic rings. The molecule has 0 saturated heterocycles. The summed E-state index contributed by atoms with van der Waals surface area (Å²) in [7, 11) is 0. The molecule has 1 atom stereocenters. The van der Waals surface area contributed by atoms with Crippen LogP contribution in [0, 0.1) is 0 Å². The van der Waals surface area contributed by atoms with Crippen LogP contribution in [0.15, 0.2) is 42.5 Å². The number of nitrogens with one attached hydrogen (secondary N) is 3. The fourth-order valence-corrected chi connectivity index (χ4v) is 2.91. The van der Waals surface area contributed by atoms with Crippen LogP contribution in [0.5, 0.6) is 0 Å². The molecule has 0 fully saturated rings. The highest BCUT2D eigenvalue weighted by Gasteiger charge is 2.12. The van der Waals surface area contributed by atoms with E-state index < -0.39 is 5.91 Å². The van der Waals surface area contributed by atoms with Crippen molar-refractivity contribution in [3.8, 4) is 0 Å². The number of hydrogen-bond donors (Lipinski definition) is 3. The van der Waals surface area contributed by atoms with Gasteiger partial charge < -0.3 is 10.6 Å². The van der Waals surface area contributed by atoms with Crippen LogP contribution < -0.4 is 16.0 Å². The molecule has 0 aliphatic rings. The molecule has 0 aromatic heterocycles. The number of rotatable bonds is 5. The van der Waals surface area contributed by atoms with Crippen LogP contribution in [0.3, 0.4) is 0 Å². The Labute approximate surface area is 173 Å². The molecule has 3 N–H and O–H groups in total. The Morgan fingerprint density at radius 1 is 1.04 bits per heavy atom. The average molecular weight is 424 g/mol. The monoisotopic (exact) mass is 423 g/mol. The summed E-state index contributed by atoms with van der Waals surface area (Å²) < 4.78 is 0. The molecule has 0 saturated carbocycles. The SMILES string of the molecule is CCC(C)NC(=O)c1cccc(NC(=S)NC(=O)c2cc(Cl)cc(Cl)c2)c1. The minimum Gasteiger partial charge on any atom is -0.350 e. The topological polar surface area (TPSA) is 70.2 Å². The lowest BCUT2D eigenvalue weighted by molar-refractivity contribution is 0.0937. The van der Waals surface area contributed by atoms with Gasteiger partial charge in [-0.25, -0.2) is 0 Å². The summed E-state index contributed by atoms with van der Waals surface area (Å²) in [5.41, 5.74) is 1.37. The minimum absolute atomic E-state index is 0.0824. The maximum Gasteiger partial charge on any atom is 0.257 e. The zero-order valence-corrected chi connectivity index (χ0v) is 17.1. The number of anilines is 1. The first-order valence-corrected chi connectivity index (χ1v) is 9.44. The number of carbonyl (C=O) groups excluding carboxylic acids is 2. The average Bonchev–Trinajstić information content (AvgIpc) is 2.60. The highest BCUT2D eigenvalue weighted by Crippen LogP contribution is 2.19. The van der Waals surface area contributed by atoms with E-state index in [0.29, 0.717) is 26.9 Å². The summed E-state index contributed by atoms with van der Waals surface area (Å²) in [6.45, 7) is 3.93. The summed E-state index contributed by atoms with van der Waals surface area (Å²) in [5, 5.41) is 9.14. The van der Waals surface area contributed by atoms with Gasteiger partial charge in [-0.2, -0.15) is 0 Å². The smallest absolute Gasteiger partial charge is 0.257 e. The van der Waals surface area contributed by atoms with E-state index in [0.717, 1.165) is 6.42 Å². The van der Waals surface area contributed by atoms with Gasteiger partial charge in [0, 0.05) is 32.9 Å². The summed E-state index contributed by atoms with van der Waals surface area (Å²) >= 11 is 17.0. The highest BCUT2D eigenvalue weighted by atomic mass is 35.5. The summed E-state index contributed by atoms with van der Waals surface area (Å²) in [6, 6.07) is 11.4. The van der Waals surface area contributed by atoms with E-state index in [1.165, 1.54) is 18.2 Å². The van der Waals surface area contributed by atoms with E-state index in [9.17, 15) is 9.59 Å². The molecule has 0 aliphatic carbocycles. The second-order valence-electron chi connectivity index (χ2n) is 5.93.